The lowest BCUT2D eigenvalue weighted by atomic mass is 9.97. The van der Waals surface area contributed by atoms with Crippen LogP contribution in [-0.2, 0) is 22.8 Å². The summed E-state index contributed by atoms with van der Waals surface area (Å²) in [6, 6.07) is 12.8. The van der Waals surface area contributed by atoms with Crippen LogP contribution in [0.25, 0.3) is 0 Å². The van der Waals surface area contributed by atoms with Gasteiger partial charge in [0.15, 0.2) is 9.84 Å². The summed E-state index contributed by atoms with van der Waals surface area (Å²) in [5.74, 6) is 1.30. The Balaban J connectivity index is 0.00000361. The van der Waals surface area contributed by atoms with E-state index >= 15 is 0 Å². The van der Waals surface area contributed by atoms with Crippen molar-refractivity contribution in [2.24, 2.45) is 0 Å². The number of ether oxygens (including phenoxy) is 1. The Kier molecular flexibility index (Phi) is 8.80. The van der Waals surface area contributed by atoms with Gasteiger partial charge >= 0.3 is 0 Å². The van der Waals surface area contributed by atoms with Crippen molar-refractivity contribution < 1.29 is 41.6 Å². The predicted molar refractivity (Wildman–Crippen MR) is 142 cm³/mol. The van der Waals surface area contributed by atoms with Crippen LogP contribution in [0.3, 0.4) is 0 Å². The van der Waals surface area contributed by atoms with Crippen LogP contribution in [-0.4, -0.2) is 50.9 Å². The molecule has 2 heterocycles. The van der Waals surface area contributed by atoms with E-state index in [2.05, 4.69) is 41.8 Å². The van der Waals surface area contributed by atoms with Gasteiger partial charge in [-0.25, -0.2) is 13.4 Å². The number of hydrogen-bond donors (Lipinski definition) is 2. The van der Waals surface area contributed by atoms with Crippen molar-refractivity contribution in [3.8, 4) is 5.75 Å². The summed E-state index contributed by atoms with van der Waals surface area (Å²) in [6.07, 6.45) is 2.53. The number of hydrogen-bond acceptors (Lipinski definition) is 6. The van der Waals surface area contributed by atoms with E-state index in [9.17, 15) is 8.42 Å². The van der Waals surface area contributed by atoms with Gasteiger partial charge in [-0.1, -0.05) is 23.7 Å². The molecule has 3 aromatic rings. The first-order valence-corrected chi connectivity index (χ1v) is 13.5. The first-order chi connectivity index (χ1) is 16.5. The van der Waals surface area contributed by atoms with E-state index in [0.29, 0.717) is 22.2 Å². The normalized spacial score (nSPS) is 14.5. The standard InChI is InChI=1S/C26H32ClN4O3S.HI/c1-17(2)35(32,33)25-9-7-6-8-21(25)29-22-14-26(28-15-20(22)27)30-23-12-18-10-11-31(3,4)16-19(18)13-24(23)34-5;/h6-9,12-15,17H,10-11,16H2,1-5H3,(H2,28,29,30);1H/q+1;/p-1. The lowest BCUT2D eigenvalue weighted by molar-refractivity contribution is -0.905. The molecule has 2 N–H and O–H groups in total. The monoisotopic (exact) mass is 642 g/mol. The summed E-state index contributed by atoms with van der Waals surface area (Å²) in [5.41, 5.74) is 4.42. The minimum absolute atomic E-state index is 0. The molecule has 0 atom stereocenters. The van der Waals surface area contributed by atoms with Gasteiger partial charge in [0.1, 0.15) is 18.1 Å². The maximum atomic E-state index is 12.9. The van der Waals surface area contributed by atoms with Crippen molar-refractivity contribution in [3.05, 3.63) is 64.8 Å². The third kappa shape index (κ3) is 6.07. The zero-order valence-corrected chi connectivity index (χ0v) is 24.8. The van der Waals surface area contributed by atoms with Crippen LogP contribution >= 0.6 is 11.6 Å². The van der Waals surface area contributed by atoms with E-state index in [4.69, 9.17) is 16.3 Å². The van der Waals surface area contributed by atoms with E-state index in [1.807, 2.05) is 0 Å². The van der Waals surface area contributed by atoms with Gasteiger partial charge < -0.3 is 43.8 Å². The number of methoxy groups -OCH3 is 1. The van der Waals surface area contributed by atoms with Gasteiger partial charge in [0.2, 0.25) is 0 Å². The Morgan fingerprint density at radius 2 is 1.75 bits per heavy atom. The van der Waals surface area contributed by atoms with Crippen molar-refractivity contribution in [3.63, 3.8) is 0 Å². The van der Waals surface area contributed by atoms with Crippen LogP contribution in [0.5, 0.6) is 5.75 Å². The molecular formula is C26H32ClIN4O3S. The number of likely N-dealkylation sites (N-methyl/N-ethyl adjacent to an activating group) is 1. The van der Waals surface area contributed by atoms with Crippen molar-refractivity contribution in [1.82, 2.24) is 4.98 Å². The van der Waals surface area contributed by atoms with Crippen molar-refractivity contribution in [1.29, 1.82) is 0 Å². The molecule has 0 saturated carbocycles. The minimum atomic E-state index is -3.48. The number of anilines is 4. The first-order valence-electron chi connectivity index (χ1n) is 11.5. The van der Waals surface area contributed by atoms with E-state index in [1.54, 1.807) is 51.3 Å². The number of rotatable bonds is 7. The average molecular weight is 643 g/mol. The highest BCUT2D eigenvalue weighted by molar-refractivity contribution is 7.92. The minimum Gasteiger partial charge on any atom is -1.00 e. The number of sulfone groups is 1. The number of quaternary nitrogens is 1. The van der Waals surface area contributed by atoms with Crippen LogP contribution in [0, 0.1) is 0 Å². The number of benzene rings is 2. The number of fused-ring (bicyclic) bond motifs is 1. The fraction of sp³-hybridized carbons (Fsp3) is 0.346. The number of nitrogens with zero attached hydrogens (tertiary/aromatic N) is 2. The highest BCUT2D eigenvalue weighted by Gasteiger charge is 2.26. The van der Waals surface area contributed by atoms with Crippen LogP contribution in [0.2, 0.25) is 5.02 Å². The molecule has 36 heavy (non-hydrogen) atoms. The molecule has 0 unspecified atom stereocenters. The third-order valence-electron chi connectivity index (χ3n) is 6.31. The van der Waals surface area contributed by atoms with Crippen LogP contribution < -0.4 is 39.3 Å². The van der Waals surface area contributed by atoms with E-state index in [-0.39, 0.29) is 28.9 Å². The highest BCUT2D eigenvalue weighted by atomic mass is 127. The molecule has 0 saturated heterocycles. The molecule has 0 bridgehead atoms. The second-order valence-corrected chi connectivity index (χ2v) is 12.7. The molecule has 0 spiro atoms. The Morgan fingerprint density at radius 1 is 1.03 bits per heavy atom. The lowest BCUT2D eigenvalue weighted by Gasteiger charge is -2.35. The molecule has 7 nitrogen and oxygen atoms in total. The smallest absolute Gasteiger partial charge is 0.182 e. The van der Waals surface area contributed by atoms with Crippen molar-refractivity contribution in [2.75, 3.05) is 38.4 Å². The van der Waals surface area contributed by atoms with E-state index < -0.39 is 15.1 Å². The molecule has 0 fully saturated rings. The summed E-state index contributed by atoms with van der Waals surface area (Å²) in [5, 5.41) is 6.38. The zero-order chi connectivity index (χ0) is 25.4. The molecule has 1 aliphatic heterocycles. The van der Waals surface area contributed by atoms with Gasteiger partial charge in [0.25, 0.3) is 0 Å². The number of nitrogens with one attached hydrogen (secondary N) is 2. The molecule has 2 aromatic carbocycles. The highest BCUT2D eigenvalue weighted by Crippen LogP contribution is 2.36. The van der Waals surface area contributed by atoms with Gasteiger partial charge in [-0.05, 0) is 43.7 Å². The number of para-hydroxylation sites is 1. The maximum Gasteiger partial charge on any atom is 0.182 e. The summed E-state index contributed by atoms with van der Waals surface area (Å²) in [4.78, 5) is 4.66. The SMILES string of the molecule is COc1cc2c(cc1Nc1cc(Nc3ccccc3S(=O)(=O)C(C)C)c(Cl)cn1)CC[N+](C)(C)C2.[I-]. The van der Waals surface area contributed by atoms with E-state index in [0.717, 1.165) is 35.4 Å². The quantitative estimate of drug-likeness (QED) is 0.305. The summed E-state index contributed by atoms with van der Waals surface area (Å²) in [6.45, 7) is 5.36. The van der Waals surface area contributed by atoms with Crippen molar-refractivity contribution >= 4 is 44.3 Å². The first kappa shape index (κ1) is 28.5. The van der Waals surface area contributed by atoms with Crippen LogP contribution in [0.1, 0.15) is 25.0 Å². The number of pyridine rings is 1. The molecule has 0 aliphatic carbocycles. The van der Waals surface area contributed by atoms with Gasteiger partial charge in [-0.3, -0.25) is 0 Å². The van der Waals surface area contributed by atoms with Gasteiger partial charge in [-0.15, -0.1) is 0 Å². The van der Waals surface area contributed by atoms with Crippen molar-refractivity contribution in [2.45, 2.75) is 37.0 Å². The third-order valence-corrected chi connectivity index (χ3v) is 8.82. The maximum absolute atomic E-state index is 12.9. The Labute approximate surface area is 235 Å². The largest absolute Gasteiger partial charge is 1.00 e. The molecule has 1 aliphatic rings. The van der Waals surface area contributed by atoms with Crippen LogP contribution in [0.4, 0.5) is 22.9 Å². The second kappa shape index (κ2) is 11.1. The molecule has 0 amide bonds. The molecule has 0 radical (unpaired) electrons. The lowest BCUT2D eigenvalue weighted by Crippen LogP contribution is -3.00. The zero-order valence-electron chi connectivity index (χ0n) is 21.1. The van der Waals surface area contributed by atoms with Crippen LogP contribution in [0.15, 0.2) is 53.6 Å². The summed E-state index contributed by atoms with van der Waals surface area (Å²) in [7, 11) is 2.65. The van der Waals surface area contributed by atoms with E-state index in [1.165, 1.54) is 17.3 Å². The Bertz CT molecular complexity index is 1360. The predicted octanol–water partition coefficient (Wildman–Crippen LogP) is 2.55. The van der Waals surface area contributed by atoms with Gasteiger partial charge in [-0.2, -0.15) is 0 Å². The van der Waals surface area contributed by atoms with Gasteiger partial charge in [0, 0.05) is 18.1 Å². The molecular weight excluding hydrogens is 611 g/mol. The molecule has 1 aromatic heterocycles. The number of aromatic nitrogens is 1. The topological polar surface area (TPSA) is 80.3 Å². The molecule has 194 valence electrons. The molecule has 10 heteroatoms. The second-order valence-electron chi connectivity index (χ2n) is 9.78. The summed E-state index contributed by atoms with van der Waals surface area (Å²) >= 11 is 6.43. The van der Waals surface area contributed by atoms with Gasteiger partial charge in [0.05, 0.1) is 66.2 Å². The average Bonchev–Trinajstić information content (AvgIpc) is 2.80. The molecule has 4 rings (SSSR count). The Hall–Kier alpha value is -2.08. The number of halogens is 2. The Morgan fingerprint density at radius 3 is 2.44 bits per heavy atom. The fourth-order valence-electron chi connectivity index (χ4n) is 4.23. The summed E-state index contributed by atoms with van der Waals surface area (Å²) < 4.78 is 32.3. The fourth-order valence-corrected chi connectivity index (χ4v) is 5.59.